The lowest BCUT2D eigenvalue weighted by Gasteiger charge is -2.20. The zero-order chi connectivity index (χ0) is 14.7. The summed E-state index contributed by atoms with van der Waals surface area (Å²) in [5, 5.41) is 3.62. The summed E-state index contributed by atoms with van der Waals surface area (Å²) in [4.78, 5) is 0. The minimum absolute atomic E-state index is 0.114. The molecule has 0 spiro atoms. The van der Waals surface area contributed by atoms with E-state index < -0.39 is 0 Å². The molecule has 1 unspecified atom stereocenters. The van der Waals surface area contributed by atoms with E-state index in [2.05, 4.69) is 5.32 Å². The average molecular weight is 294 g/mol. The summed E-state index contributed by atoms with van der Waals surface area (Å²) in [6.45, 7) is 1.73. The number of ether oxygens (including phenoxy) is 1. The number of aryl methyl sites for hydroxylation is 1. The van der Waals surface area contributed by atoms with Crippen molar-refractivity contribution in [3.8, 4) is 5.75 Å². The third-order valence-corrected chi connectivity index (χ3v) is 3.63. The minimum Gasteiger partial charge on any atom is -0.497 e. The Bertz CT molecular complexity index is 615. The van der Waals surface area contributed by atoms with E-state index >= 15 is 0 Å². The van der Waals surface area contributed by atoms with Crippen LogP contribution in [-0.2, 0) is 0 Å². The number of hydrogen-bond acceptors (Lipinski definition) is 2. The van der Waals surface area contributed by atoms with Gasteiger partial charge >= 0.3 is 0 Å². The topological polar surface area (TPSA) is 21.3 Å². The second-order valence-electron chi connectivity index (χ2n) is 4.62. The molecule has 106 valence electrons. The summed E-state index contributed by atoms with van der Waals surface area (Å²) in [6.07, 6.45) is 0. The summed E-state index contributed by atoms with van der Waals surface area (Å²) in [5.74, 6) is 0.483. The van der Waals surface area contributed by atoms with Crippen molar-refractivity contribution in [1.29, 1.82) is 0 Å². The SMILES string of the molecule is CNC(c1cccc(OC)c1)c1cc(C)c(F)cc1Cl. The molecule has 0 amide bonds. The van der Waals surface area contributed by atoms with Crippen molar-refractivity contribution < 1.29 is 9.13 Å². The molecule has 1 atom stereocenters. The van der Waals surface area contributed by atoms with Gasteiger partial charge in [-0.25, -0.2) is 4.39 Å². The van der Waals surface area contributed by atoms with Gasteiger partial charge in [-0.2, -0.15) is 0 Å². The van der Waals surface area contributed by atoms with Gasteiger partial charge in [0, 0.05) is 5.02 Å². The maximum Gasteiger partial charge on any atom is 0.127 e. The van der Waals surface area contributed by atoms with Crippen molar-refractivity contribution in [1.82, 2.24) is 5.32 Å². The zero-order valence-electron chi connectivity index (χ0n) is 11.7. The first-order valence-corrected chi connectivity index (χ1v) is 6.71. The Morgan fingerprint density at radius 3 is 2.65 bits per heavy atom. The lowest BCUT2D eigenvalue weighted by atomic mass is 9.97. The molecule has 1 N–H and O–H groups in total. The van der Waals surface area contributed by atoms with Gasteiger partial charge in [0.2, 0.25) is 0 Å². The van der Waals surface area contributed by atoms with Crippen LogP contribution in [0.2, 0.25) is 5.02 Å². The predicted octanol–water partition coefficient (Wildman–Crippen LogP) is 4.10. The number of benzene rings is 2. The molecule has 0 saturated heterocycles. The highest BCUT2D eigenvalue weighted by atomic mass is 35.5. The molecule has 0 radical (unpaired) electrons. The fourth-order valence-electron chi connectivity index (χ4n) is 2.22. The summed E-state index contributed by atoms with van der Waals surface area (Å²) < 4.78 is 18.8. The van der Waals surface area contributed by atoms with Gasteiger partial charge in [0.25, 0.3) is 0 Å². The number of methoxy groups -OCH3 is 1. The van der Waals surface area contributed by atoms with Crippen LogP contribution in [0, 0.1) is 12.7 Å². The quantitative estimate of drug-likeness (QED) is 0.916. The molecule has 4 heteroatoms. The van der Waals surface area contributed by atoms with Gasteiger partial charge in [0.1, 0.15) is 11.6 Å². The molecular formula is C16H17ClFNO. The molecular weight excluding hydrogens is 277 g/mol. The van der Waals surface area contributed by atoms with Gasteiger partial charge in [0.05, 0.1) is 13.2 Å². The average Bonchev–Trinajstić information content (AvgIpc) is 2.45. The van der Waals surface area contributed by atoms with Gasteiger partial charge in [0.15, 0.2) is 0 Å². The summed E-state index contributed by atoms with van der Waals surface area (Å²) in [6, 6.07) is 10.7. The monoisotopic (exact) mass is 293 g/mol. The largest absolute Gasteiger partial charge is 0.497 e. The van der Waals surface area contributed by atoms with E-state index in [-0.39, 0.29) is 11.9 Å². The van der Waals surface area contributed by atoms with E-state index in [9.17, 15) is 4.39 Å². The summed E-state index contributed by atoms with van der Waals surface area (Å²) in [5.41, 5.74) is 2.44. The van der Waals surface area contributed by atoms with Crippen molar-refractivity contribution in [2.45, 2.75) is 13.0 Å². The van der Waals surface area contributed by atoms with Crippen LogP contribution in [0.15, 0.2) is 36.4 Å². The Morgan fingerprint density at radius 1 is 1.25 bits per heavy atom. The van der Waals surface area contributed by atoms with Crippen LogP contribution >= 0.6 is 11.6 Å². The van der Waals surface area contributed by atoms with Gasteiger partial charge in [-0.15, -0.1) is 0 Å². The molecule has 0 aliphatic rings. The van der Waals surface area contributed by atoms with Crippen LogP contribution in [0.25, 0.3) is 0 Å². The Labute approximate surface area is 123 Å². The van der Waals surface area contributed by atoms with E-state index in [0.717, 1.165) is 16.9 Å². The van der Waals surface area contributed by atoms with E-state index in [4.69, 9.17) is 16.3 Å². The maximum absolute atomic E-state index is 13.5. The molecule has 2 aromatic carbocycles. The highest BCUT2D eigenvalue weighted by Gasteiger charge is 2.17. The molecule has 2 aromatic rings. The smallest absolute Gasteiger partial charge is 0.127 e. The number of halogens is 2. The second kappa shape index (κ2) is 6.25. The standard InChI is InChI=1S/C16H17ClFNO/c1-10-7-13(14(17)9-15(10)18)16(19-2)11-5-4-6-12(8-11)20-3/h4-9,16,19H,1-3H3. The third-order valence-electron chi connectivity index (χ3n) is 3.30. The minimum atomic E-state index is -0.292. The lowest BCUT2D eigenvalue weighted by molar-refractivity contribution is 0.414. The van der Waals surface area contributed by atoms with Gasteiger partial charge in [-0.3, -0.25) is 0 Å². The van der Waals surface area contributed by atoms with Crippen molar-refractivity contribution in [2.75, 3.05) is 14.2 Å². The molecule has 0 heterocycles. The molecule has 2 nitrogen and oxygen atoms in total. The van der Waals surface area contributed by atoms with E-state index in [1.54, 1.807) is 20.1 Å². The van der Waals surface area contributed by atoms with Gasteiger partial charge in [-0.05, 0) is 54.9 Å². The van der Waals surface area contributed by atoms with Gasteiger partial charge < -0.3 is 10.1 Å². The van der Waals surface area contributed by atoms with E-state index in [0.29, 0.717) is 10.6 Å². The van der Waals surface area contributed by atoms with Crippen molar-refractivity contribution in [2.24, 2.45) is 0 Å². The Kier molecular flexibility index (Phi) is 4.63. The molecule has 0 aliphatic heterocycles. The fourth-order valence-corrected chi connectivity index (χ4v) is 2.48. The normalized spacial score (nSPS) is 12.2. The Balaban J connectivity index is 2.49. The first kappa shape index (κ1) is 14.8. The van der Waals surface area contributed by atoms with Crippen LogP contribution in [0.1, 0.15) is 22.7 Å². The Hall–Kier alpha value is -1.58. The third kappa shape index (κ3) is 2.94. The lowest BCUT2D eigenvalue weighted by Crippen LogP contribution is -2.18. The van der Waals surface area contributed by atoms with Crippen molar-refractivity contribution in [3.05, 3.63) is 63.9 Å². The van der Waals surface area contributed by atoms with Crippen molar-refractivity contribution in [3.63, 3.8) is 0 Å². The molecule has 0 bridgehead atoms. The van der Waals surface area contributed by atoms with Gasteiger partial charge in [-0.1, -0.05) is 23.7 Å². The summed E-state index contributed by atoms with van der Waals surface area (Å²) >= 11 is 6.19. The number of hydrogen-bond donors (Lipinski definition) is 1. The Morgan fingerprint density at radius 2 is 2.00 bits per heavy atom. The molecule has 20 heavy (non-hydrogen) atoms. The highest BCUT2D eigenvalue weighted by molar-refractivity contribution is 6.31. The molecule has 0 aliphatic carbocycles. The van der Waals surface area contributed by atoms with Crippen LogP contribution in [0.3, 0.4) is 0 Å². The van der Waals surface area contributed by atoms with E-state index in [1.807, 2.05) is 31.3 Å². The maximum atomic E-state index is 13.5. The first-order valence-electron chi connectivity index (χ1n) is 6.33. The fraction of sp³-hybridized carbons (Fsp3) is 0.250. The van der Waals surface area contributed by atoms with Crippen LogP contribution in [0.4, 0.5) is 4.39 Å². The molecule has 0 fully saturated rings. The van der Waals surface area contributed by atoms with Crippen LogP contribution < -0.4 is 10.1 Å². The second-order valence-corrected chi connectivity index (χ2v) is 5.03. The summed E-state index contributed by atoms with van der Waals surface area (Å²) in [7, 11) is 3.47. The van der Waals surface area contributed by atoms with E-state index in [1.165, 1.54) is 6.07 Å². The molecule has 2 rings (SSSR count). The number of rotatable bonds is 4. The van der Waals surface area contributed by atoms with Crippen LogP contribution in [-0.4, -0.2) is 14.2 Å². The van der Waals surface area contributed by atoms with Crippen LogP contribution in [0.5, 0.6) is 5.75 Å². The zero-order valence-corrected chi connectivity index (χ0v) is 12.5. The highest BCUT2D eigenvalue weighted by Crippen LogP contribution is 2.31. The predicted molar refractivity (Wildman–Crippen MR) is 80.0 cm³/mol. The first-order chi connectivity index (χ1) is 9.56. The van der Waals surface area contributed by atoms with Crippen molar-refractivity contribution >= 4 is 11.6 Å². The number of nitrogens with one attached hydrogen (secondary N) is 1. The molecule has 0 aromatic heterocycles. The molecule has 0 saturated carbocycles.